The zero-order chi connectivity index (χ0) is 14.9. The molecule has 4 rings (SSSR count). The first kappa shape index (κ1) is 14.4. The Kier molecular flexibility index (Phi) is 3.98. The largest absolute Gasteiger partial charge is 0.338 e. The lowest BCUT2D eigenvalue weighted by Gasteiger charge is -2.36. The maximum atomic E-state index is 5.48. The highest BCUT2D eigenvalue weighted by atomic mass is 32.1. The van der Waals surface area contributed by atoms with Crippen molar-refractivity contribution in [3.63, 3.8) is 0 Å². The second-order valence-electron chi connectivity index (χ2n) is 6.33. The van der Waals surface area contributed by atoms with Gasteiger partial charge in [-0.15, -0.1) is 11.3 Å². The first-order valence-corrected chi connectivity index (χ1v) is 9.00. The predicted octanol–water partition coefficient (Wildman–Crippen LogP) is 2.89. The molecular formula is C16H22N4OS. The molecular weight excluding hydrogens is 296 g/mol. The number of nitrogens with zero attached hydrogens (tertiary/aromatic N) is 4. The van der Waals surface area contributed by atoms with Gasteiger partial charge in [0.25, 0.3) is 0 Å². The molecule has 1 saturated heterocycles. The van der Waals surface area contributed by atoms with Crippen LogP contribution in [0, 0.1) is 0 Å². The standard InChI is InChI=1S/C16H22N4OS/c1-12(16-17-15(18-21-16)13-4-5-13)20-8-6-19(7-9-20)11-14-3-2-10-22-14/h2-3,10,12-13H,4-9,11H2,1H3. The van der Waals surface area contributed by atoms with Gasteiger partial charge in [-0.05, 0) is 31.2 Å². The number of rotatable bonds is 5. The number of piperazine rings is 1. The molecule has 2 aromatic rings. The summed E-state index contributed by atoms with van der Waals surface area (Å²) in [5.41, 5.74) is 0. The van der Waals surface area contributed by atoms with Crippen molar-refractivity contribution in [3.05, 3.63) is 34.1 Å². The van der Waals surface area contributed by atoms with Crippen molar-refractivity contribution in [1.82, 2.24) is 19.9 Å². The quantitative estimate of drug-likeness (QED) is 0.848. The third-order valence-corrected chi connectivity index (χ3v) is 5.53. The maximum absolute atomic E-state index is 5.48. The molecule has 22 heavy (non-hydrogen) atoms. The zero-order valence-electron chi connectivity index (χ0n) is 12.9. The smallest absolute Gasteiger partial charge is 0.243 e. The molecule has 118 valence electrons. The van der Waals surface area contributed by atoms with Crippen LogP contribution >= 0.6 is 11.3 Å². The minimum Gasteiger partial charge on any atom is -0.338 e. The van der Waals surface area contributed by atoms with E-state index < -0.39 is 0 Å². The van der Waals surface area contributed by atoms with Crippen molar-refractivity contribution in [2.75, 3.05) is 26.2 Å². The molecule has 0 N–H and O–H groups in total. The van der Waals surface area contributed by atoms with Crippen molar-refractivity contribution < 1.29 is 4.52 Å². The van der Waals surface area contributed by atoms with E-state index in [0.717, 1.165) is 44.4 Å². The minimum atomic E-state index is 0.226. The Bertz CT molecular complexity index is 599. The van der Waals surface area contributed by atoms with Crippen molar-refractivity contribution in [3.8, 4) is 0 Å². The minimum absolute atomic E-state index is 0.226. The van der Waals surface area contributed by atoms with Crippen molar-refractivity contribution in [2.24, 2.45) is 0 Å². The average molecular weight is 318 g/mol. The molecule has 6 heteroatoms. The lowest BCUT2D eigenvalue weighted by molar-refractivity contribution is 0.0850. The highest BCUT2D eigenvalue weighted by Gasteiger charge is 2.31. The summed E-state index contributed by atoms with van der Waals surface area (Å²) in [5, 5.41) is 6.29. The summed E-state index contributed by atoms with van der Waals surface area (Å²) in [5.74, 6) is 2.26. The summed E-state index contributed by atoms with van der Waals surface area (Å²) in [4.78, 5) is 11.0. The zero-order valence-corrected chi connectivity index (χ0v) is 13.8. The van der Waals surface area contributed by atoms with Crippen molar-refractivity contribution in [1.29, 1.82) is 0 Å². The fourth-order valence-electron chi connectivity index (χ4n) is 3.01. The number of hydrogen-bond donors (Lipinski definition) is 0. The summed E-state index contributed by atoms with van der Waals surface area (Å²) in [6.07, 6.45) is 2.43. The first-order valence-electron chi connectivity index (χ1n) is 8.12. The van der Waals surface area contributed by atoms with Crippen molar-refractivity contribution >= 4 is 11.3 Å². The van der Waals surface area contributed by atoms with Crippen LogP contribution in [0.25, 0.3) is 0 Å². The van der Waals surface area contributed by atoms with Gasteiger partial charge >= 0.3 is 0 Å². The molecule has 1 unspecified atom stereocenters. The average Bonchev–Trinajstić information content (AvgIpc) is 3.06. The molecule has 3 heterocycles. The van der Waals surface area contributed by atoms with E-state index in [4.69, 9.17) is 4.52 Å². The van der Waals surface area contributed by atoms with Crippen LogP contribution in [-0.4, -0.2) is 46.1 Å². The summed E-state index contributed by atoms with van der Waals surface area (Å²) < 4.78 is 5.48. The van der Waals surface area contributed by atoms with Gasteiger partial charge in [-0.25, -0.2) is 0 Å². The highest BCUT2D eigenvalue weighted by molar-refractivity contribution is 7.09. The number of hydrogen-bond acceptors (Lipinski definition) is 6. The molecule has 1 saturated carbocycles. The molecule has 1 atom stereocenters. The van der Waals surface area contributed by atoms with Gasteiger partial charge in [-0.2, -0.15) is 4.98 Å². The predicted molar refractivity (Wildman–Crippen MR) is 85.9 cm³/mol. The van der Waals surface area contributed by atoms with Crippen LogP contribution in [-0.2, 0) is 6.54 Å². The third kappa shape index (κ3) is 3.09. The molecule has 0 bridgehead atoms. The van der Waals surface area contributed by atoms with Crippen molar-refractivity contribution in [2.45, 2.75) is 38.3 Å². The third-order valence-electron chi connectivity index (χ3n) is 4.67. The molecule has 1 aliphatic carbocycles. The molecule has 5 nitrogen and oxygen atoms in total. The van der Waals surface area contributed by atoms with Crippen LogP contribution in [0.15, 0.2) is 22.0 Å². The fraction of sp³-hybridized carbons (Fsp3) is 0.625. The number of thiophene rings is 1. The molecule has 1 aliphatic heterocycles. The Morgan fingerprint density at radius 3 is 2.82 bits per heavy atom. The lowest BCUT2D eigenvalue weighted by atomic mass is 10.2. The van der Waals surface area contributed by atoms with Gasteiger partial charge < -0.3 is 4.52 Å². The van der Waals surface area contributed by atoms with E-state index in [2.05, 4.69) is 44.4 Å². The fourth-order valence-corrected chi connectivity index (χ4v) is 3.76. The van der Waals surface area contributed by atoms with E-state index in [-0.39, 0.29) is 6.04 Å². The van der Waals surface area contributed by atoms with Crippen LogP contribution in [0.4, 0.5) is 0 Å². The lowest BCUT2D eigenvalue weighted by Crippen LogP contribution is -2.46. The molecule has 2 aliphatic rings. The van der Waals surface area contributed by atoms with E-state index in [1.807, 2.05) is 11.3 Å². The normalized spacial score (nSPS) is 22.0. The van der Waals surface area contributed by atoms with Gasteiger partial charge in [0.2, 0.25) is 5.89 Å². The highest BCUT2D eigenvalue weighted by Crippen LogP contribution is 2.38. The van der Waals surface area contributed by atoms with Gasteiger partial charge in [-0.3, -0.25) is 9.80 Å². The van der Waals surface area contributed by atoms with E-state index in [1.165, 1.54) is 17.7 Å². The summed E-state index contributed by atoms with van der Waals surface area (Å²) in [7, 11) is 0. The molecule has 0 amide bonds. The van der Waals surface area contributed by atoms with Gasteiger partial charge in [0.05, 0.1) is 6.04 Å². The monoisotopic (exact) mass is 318 g/mol. The second-order valence-corrected chi connectivity index (χ2v) is 7.36. The van der Waals surface area contributed by atoms with Gasteiger partial charge in [0, 0.05) is 43.5 Å². The Balaban J connectivity index is 1.32. The van der Waals surface area contributed by atoms with Crippen LogP contribution in [0.1, 0.15) is 48.3 Å². The van der Waals surface area contributed by atoms with Crippen LogP contribution in [0.3, 0.4) is 0 Å². The number of aromatic nitrogens is 2. The first-order chi connectivity index (χ1) is 10.8. The van der Waals surface area contributed by atoms with Crippen LogP contribution in [0.5, 0.6) is 0 Å². The summed E-state index contributed by atoms with van der Waals surface area (Å²) in [6, 6.07) is 4.58. The van der Waals surface area contributed by atoms with E-state index in [0.29, 0.717) is 5.92 Å². The molecule has 0 spiro atoms. The second kappa shape index (κ2) is 6.10. The Morgan fingerprint density at radius 1 is 1.32 bits per heavy atom. The maximum Gasteiger partial charge on any atom is 0.243 e. The van der Waals surface area contributed by atoms with Gasteiger partial charge in [0.1, 0.15) is 0 Å². The van der Waals surface area contributed by atoms with Gasteiger partial charge in [0.15, 0.2) is 5.82 Å². The molecule has 2 fully saturated rings. The van der Waals surface area contributed by atoms with E-state index >= 15 is 0 Å². The molecule has 0 aromatic carbocycles. The summed E-state index contributed by atoms with van der Waals surface area (Å²) in [6.45, 7) is 7.59. The Morgan fingerprint density at radius 2 is 2.14 bits per heavy atom. The SMILES string of the molecule is CC(c1nc(C2CC2)no1)N1CCN(Cc2cccs2)CC1. The van der Waals surface area contributed by atoms with Gasteiger partial charge in [-0.1, -0.05) is 11.2 Å². The van der Waals surface area contributed by atoms with E-state index in [9.17, 15) is 0 Å². The summed E-state index contributed by atoms with van der Waals surface area (Å²) >= 11 is 1.84. The van der Waals surface area contributed by atoms with E-state index in [1.54, 1.807) is 0 Å². The van der Waals surface area contributed by atoms with Crippen LogP contribution < -0.4 is 0 Å². The molecule has 2 aromatic heterocycles. The Labute approximate surface area is 134 Å². The Hall–Kier alpha value is -1.24. The topological polar surface area (TPSA) is 45.4 Å². The van der Waals surface area contributed by atoms with Crippen LogP contribution in [0.2, 0.25) is 0 Å². The molecule has 0 radical (unpaired) electrons.